The number of carbonyl (C=O) groups excluding carboxylic acids is 2. The van der Waals surface area contributed by atoms with Gasteiger partial charge >= 0.3 is 6.09 Å². The van der Waals surface area contributed by atoms with Gasteiger partial charge in [-0.3, -0.25) is 14.7 Å². The highest BCUT2D eigenvalue weighted by Crippen LogP contribution is 2.25. The average Bonchev–Trinajstić information content (AvgIpc) is 3.02. The molecule has 2 aromatic heterocycles. The van der Waals surface area contributed by atoms with Crippen molar-refractivity contribution < 1.29 is 14.3 Å². The number of aromatic nitrogens is 3. The van der Waals surface area contributed by atoms with Gasteiger partial charge in [0.15, 0.2) is 0 Å². The van der Waals surface area contributed by atoms with Crippen molar-refractivity contribution >= 4 is 35.0 Å². The summed E-state index contributed by atoms with van der Waals surface area (Å²) in [7, 11) is 0. The highest BCUT2D eigenvalue weighted by atomic mass is 16.6. The maximum Gasteiger partial charge on any atom is 0.408 e. The Morgan fingerprint density at radius 3 is 2.49 bits per heavy atom. The maximum atomic E-state index is 13.1. The molecule has 1 aliphatic heterocycles. The molecule has 11 heteroatoms. The molecule has 0 unspecified atom stereocenters. The highest BCUT2D eigenvalue weighted by Gasteiger charge is 2.18. The van der Waals surface area contributed by atoms with E-state index < -0.39 is 6.09 Å². The number of hydrogen-bond acceptors (Lipinski definition) is 9. The van der Waals surface area contributed by atoms with Gasteiger partial charge < -0.3 is 25.6 Å². The number of ether oxygens (including phenoxy) is 1. The van der Waals surface area contributed by atoms with Crippen molar-refractivity contribution in [2.75, 3.05) is 48.4 Å². The molecule has 0 spiro atoms. The molecule has 2 aromatic carbocycles. The molecule has 5 rings (SSSR count). The molecule has 11 nitrogen and oxygen atoms in total. The zero-order valence-corrected chi connectivity index (χ0v) is 24.6. The number of pyridine rings is 1. The molecule has 222 valence electrons. The molecule has 0 saturated carbocycles. The van der Waals surface area contributed by atoms with E-state index in [2.05, 4.69) is 40.7 Å². The lowest BCUT2D eigenvalue weighted by Gasteiger charge is -2.36. The standard InChI is InChI=1S/C32H36N8O3/c1-22(2)43-32(42)35-21-39-15-17-40(18-16-39)27-10-7-24(8-11-27)30(41)36-26-9-6-23(3)29(19-26)38-31-34-14-12-28(37-31)25-5-4-13-33-20-25/h4-14,19-20,22H,15-18,21H2,1-3H3,(H,35,42)(H,36,41)(H,34,37,38). The molecule has 3 heterocycles. The smallest absolute Gasteiger partial charge is 0.408 e. The van der Waals surface area contributed by atoms with Crippen LogP contribution in [0, 0.1) is 6.92 Å². The fourth-order valence-corrected chi connectivity index (χ4v) is 4.67. The second kappa shape index (κ2) is 13.8. The molecular weight excluding hydrogens is 544 g/mol. The number of aryl methyl sites for hydroxylation is 1. The van der Waals surface area contributed by atoms with E-state index >= 15 is 0 Å². The molecule has 0 radical (unpaired) electrons. The van der Waals surface area contributed by atoms with Crippen LogP contribution in [0.4, 0.5) is 27.8 Å². The van der Waals surface area contributed by atoms with Crippen molar-refractivity contribution in [3.63, 3.8) is 0 Å². The minimum absolute atomic E-state index is 0.143. The molecule has 4 aromatic rings. The van der Waals surface area contributed by atoms with Crippen LogP contribution in [0.3, 0.4) is 0 Å². The van der Waals surface area contributed by atoms with Crippen molar-refractivity contribution in [3.8, 4) is 11.3 Å². The van der Waals surface area contributed by atoms with E-state index in [0.29, 0.717) is 23.9 Å². The third-order valence-electron chi connectivity index (χ3n) is 7.01. The third kappa shape index (κ3) is 8.04. The van der Waals surface area contributed by atoms with Gasteiger partial charge in [0.2, 0.25) is 5.95 Å². The lowest BCUT2D eigenvalue weighted by molar-refractivity contribution is 0.102. The summed E-state index contributed by atoms with van der Waals surface area (Å²) in [6, 6.07) is 19.0. The van der Waals surface area contributed by atoms with E-state index in [1.54, 1.807) is 18.6 Å². The molecule has 1 saturated heterocycles. The summed E-state index contributed by atoms with van der Waals surface area (Å²) in [6.45, 7) is 9.35. The van der Waals surface area contributed by atoms with Crippen LogP contribution in [0.1, 0.15) is 29.8 Å². The minimum Gasteiger partial charge on any atom is -0.447 e. The first-order chi connectivity index (χ1) is 20.8. The van der Waals surface area contributed by atoms with Crippen LogP contribution in [0.15, 0.2) is 79.3 Å². The summed E-state index contributed by atoms with van der Waals surface area (Å²) < 4.78 is 5.12. The van der Waals surface area contributed by atoms with Crippen LogP contribution in [0.25, 0.3) is 11.3 Å². The number of anilines is 4. The van der Waals surface area contributed by atoms with Gasteiger partial charge in [-0.2, -0.15) is 0 Å². The van der Waals surface area contributed by atoms with Gasteiger partial charge in [0.1, 0.15) is 0 Å². The molecule has 3 N–H and O–H groups in total. The van der Waals surface area contributed by atoms with E-state index in [4.69, 9.17) is 4.74 Å². The molecule has 43 heavy (non-hydrogen) atoms. The summed E-state index contributed by atoms with van der Waals surface area (Å²) >= 11 is 0. The zero-order chi connectivity index (χ0) is 30.2. The second-order valence-electron chi connectivity index (χ2n) is 10.6. The third-order valence-corrected chi connectivity index (χ3v) is 7.01. The monoisotopic (exact) mass is 580 g/mol. The van der Waals surface area contributed by atoms with E-state index in [9.17, 15) is 9.59 Å². The molecule has 1 aliphatic rings. The number of alkyl carbamates (subject to hydrolysis) is 1. The number of benzene rings is 2. The number of piperazine rings is 1. The highest BCUT2D eigenvalue weighted by molar-refractivity contribution is 6.04. The quantitative estimate of drug-likeness (QED) is 0.249. The summed E-state index contributed by atoms with van der Waals surface area (Å²) in [5.41, 5.74) is 5.73. The van der Waals surface area contributed by atoms with Gasteiger partial charge in [-0.15, -0.1) is 0 Å². The van der Waals surface area contributed by atoms with Crippen molar-refractivity contribution in [1.29, 1.82) is 0 Å². The lowest BCUT2D eigenvalue weighted by Crippen LogP contribution is -2.50. The number of nitrogens with zero attached hydrogens (tertiary/aromatic N) is 5. The van der Waals surface area contributed by atoms with Gasteiger partial charge in [0.25, 0.3) is 5.91 Å². The fourth-order valence-electron chi connectivity index (χ4n) is 4.67. The number of nitrogens with one attached hydrogen (secondary N) is 3. The first-order valence-corrected chi connectivity index (χ1v) is 14.3. The van der Waals surface area contributed by atoms with Crippen LogP contribution in [0.5, 0.6) is 0 Å². The van der Waals surface area contributed by atoms with Crippen molar-refractivity contribution in [2.45, 2.75) is 26.9 Å². The Morgan fingerprint density at radius 1 is 0.977 bits per heavy atom. The number of rotatable bonds is 9. The van der Waals surface area contributed by atoms with Gasteiger partial charge in [-0.05, 0) is 80.9 Å². The fraction of sp³-hybridized carbons (Fsp3) is 0.281. The largest absolute Gasteiger partial charge is 0.447 e. The molecule has 0 atom stereocenters. The van der Waals surface area contributed by atoms with Gasteiger partial charge in [0.05, 0.1) is 18.5 Å². The first kappa shape index (κ1) is 29.5. The lowest BCUT2D eigenvalue weighted by atomic mass is 10.1. The van der Waals surface area contributed by atoms with Crippen LogP contribution < -0.4 is 20.9 Å². The summed E-state index contributed by atoms with van der Waals surface area (Å²) in [6.07, 6.45) is 4.64. The van der Waals surface area contributed by atoms with Crippen molar-refractivity contribution in [3.05, 3.63) is 90.4 Å². The Kier molecular flexibility index (Phi) is 9.42. The van der Waals surface area contributed by atoms with E-state index in [-0.39, 0.29) is 12.0 Å². The number of carbonyl (C=O) groups is 2. The van der Waals surface area contributed by atoms with E-state index in [1.165, 1.54) is 0 Å². The van der Waals surface area contributed by atoms with Gasteiger partial charge in [-0.1, -0.05) is 6.07 Å². The van der Waals surface area contributed by atoms with E-state index in [0.717, 1.165) is 54.4 Å². The molecule has 1 fully saturated rings. The first-order valence-electron chi connectivity index (χ1n) is 14.3. The van der Waals surface area contributed by atoms with E-state index in [1.807, 2.05) is 81.4 Å². The predicted molar refractivity (Wildman–Crippen MR) is 168 cm³/mol. The Balaban J connectivity index is 1.15. The van der Waals surface area contributed by atoms with Gasteiger partial charge in [-0.25, -0.2) is 14.8 Å². The van der Waals surface area contributed by atoms with Gasteiger partial charge in [0, 0.05) is 73.0 Å². The van der Waals surface area contributed by atoms with Crippen LogP contribution in [0.2, 0.25) is 0 Å². The number of amides is 2. The molecule has 0 bridgehead atoms. The van der Waals surface area contributed by atoms with Crippen molar-refractivity contribution in [2.24, 2.45) is 0 Å². The normalized spacial score (nSPS) is 13.4. The Bertz CT molecular complexity index is 1540. The Morgan fingerprint density at radius 2 is 1.77 bits per heavy atom. The topological polar surface area (TPSA) is 125 Å². The number of hydrogen-bond donors (Lipinski definition) is 3. The minimum atomic E-state index is -0.398. The summed E-state index contributed by atoms with van der Waals surface area (Å²) in [5, 5.41) is 9.06. The zero-order valence-electron chi connectivity index (χ0n) is 24.6. The molecule has 2 amide bonds. The van der Waals surface area contributed by atoms with Crippen LogP contribution >= 0.6 is 0 Å². The maximum absolute atomic E-state index is 13.1. The SMILES string of the molecule is Cc1ccc(NC(=O)c2ccc(N3CCN(CNC(=O)OC(C)C)CC3)cc2)cc1Nc1nccc(-c2cccnc2)n1. The van der Waals surface area contributed by atoms with Crippen LogP contribution in [-0.4, -0.2) is 70.8 Å². The Labute approximate surface area is 251 Å². The molecular formula is C32H36N8O3. The molecule has 0 aliphatic carbocycles. The van der Waals surface area contributed by atoms with Crippen molar-refractivity contribution in [1.82, 2.24) is 25.2 Å². The second-order valence-corrected chi connectivity index (χ2v) is 10.6. The summed E-state index contributed by atoms with van der Waals surface area (Å²) in [5.74, 6) is 0.259. The predicted octanol–water partition coefficient (Wildman–Crippen LogP) is 5.06. The Hall–Kier alpha value is -5.03. The summed E-state index contributed by atoms with van der Waals surface area (Å²) in [4.78, 5) is 42.4. The van der Waals surface area contributed by atoms with Crippen LogP contribution in [-0.2, 0) is 4.74 Å². The average molecular weight is 581 g/mol.